The summed E-state index contributed by atoms with van der Waals surface area (Å²) < 4.78 is 0. The molecule has 1 heterocycles. The van der Waals surface area contributed by atoms with E-state index in [9.17, 15) is 0 Å². The molecule has 5 rings (SSSR count). The van der Waals surface area contributed by atoms with E-state index in [1.54, 1.807) is 0 Å². The third kappa shape index (κ3) is 5.79. The molecule has 4 heteroatoms. The zero-order valence-corrected chi connectivity index (χ0v) is 24.2. The minimum Gasteiger partial charge on any atom is -0.208 e. The Labute approximate surface area is 237 Å². The first-order chi connectivity index (χ1) is 18.5. The lowest BCUT2D eigenvalue weighted by Crippen LogP contribution is -2.18. The molecule has 0 amide bonds. The second kappa shape index (κ2) is 10.4. The Kier molecular flexibility index (Phi) is 7.13. The van der Waals surface area contributed by atoms with E-state index in [1.165, 1.54) is 11.1 Å². The Morgan fingerprint density at radius 2 is 1.03 bits per heavy atom. The monoisotopic (exact) mass is 531 g/mol. The third-order valence-electron chi connectivity index (χ3n) is 6.87. The standard InChI is InChI=1S/C35H34ClN3/c1-34(2,3)26-21-28(30(29(22-26)35(4,5)6)25-18-13-19-27(36)20-25)33-38-31(23-14-9-7-10-15-23)37-32(39-33)24-16-11-8-12-17-24/h7-22H,1-6H3. The van der Waals surface area contributed by atoms with Crippen LogP contribution < -0.4 is 0 Å². The van der Waals surface area contributed by atoms with Crippen molar-refractivity contribution in [3.8, 4) is 45.3 Å². The first-order valence-corrected chi connectivity index (χ1v) is 13.7. The fourth-order valence-electron chi connectivity index (χ4n) is 4.73. The summed E-state index contributed by atoms with van der Waals surface area (Å²) in [5, 5.41) is 0.698. The van der Waals surface area contributed by atoms with Gasteiger partial charge in [0.2, 0.25) is 0 Å². The fourth-order valence-corrected chi connectivity index (χ4v) is 4.92. The zero-order chi connectivity index (χ0) is 27.8. The molecular weight excluding hydrogens is 498 g/mol. The van der Waals surface area contributed by atoms with Crippen LogP contribution in [0.5, 0.6) is 0 Å². The van der Waals surface area contributed by atoms with Crippen LogP contribution in [0, 0.1) is 0 Å². The average molecular weight is 532 g/mol. The van der Waals surface area contributed by atoms with Crippen molar-refractivity contribution in [1.82, 2.24) is 15.0 Å². The Bertz CT molecular complexity index is 1550. The molecule has 0 fully saturated rings. The maximum absolute atomic E-state index is 6.53. The van der Waals surface area contributed by atoms with E-state index < -0.39 is 0 Å². The first-order valence-electron chi connectivity index (χ1n) is 13.3. The normalized spacial score (nSPS) is 12.0. The highest BCUT2D eigenvalue weighted by Crippen LogP contribution is 2.43. The quantitative estimate of drug-likeness (QED) is 0.231. The molecule has 0 aliphatic rings. The van der Waals surface area contributed by atoms with Crippen LogP contribution in [-0.4, -0.2) is 15.0 Å². The van der Waals surface area contributed by atoms with Gasteiger partial charge in [-0.15, -0.1) is 0 Å². The van der Waals surface area contributed by atoms with Gasteiger partial charge in [0, 0.05) is 21.7 Å². The molecule has 0 aliphatic carbocycles. The summed E-state index contributed by atoms with van der Waals surface area (Å²) in [5.41, 5.74) is 7.28. The minimum atomic E-state index is -0.134. The summed E-state index contributed by atoms with van der Waals surface area (Å²) in [7, 11) is 0. The summed E-state index contributed by atoms with van der Waals surface area (Å²) in [4.78, 5) is 15.1. The molecule has 0 spiro atoms. The van der Waals surface area contributed by atoms with Crippen molar-refractivity contribution in [1.29, 1.82) is 0 Å². The molecule has 0 saturated heterocycles. The van der Waals surface area contributed by atoms with Crippen molar-refractivity contribution < 1.29 is 0 Å². The zero-order valence-electron chi connectivity index (χ0n) is 23.5. The average Bonchev–Trinajstić information content (AvgIpc) is 2.92. The van der Waals surface area contributed by atoms with Gasteiger partial charge in [-0.05, 0) is 51.3 Å². The summed E-state index contributed by atoms with van der Waals surface area (Å²) in [6, 6.07) is 32.9. The van der Waals surface area contributed by atoms with Crippen LogP contribution in [0.4, 0.5) is 0 Å². The molecule has 1 aromatic heterocycles. The maximum Gasteiger partial charge on any atom is 0.164 e. The molecule has 5 aromatic rings. The second-order valence-corrected chi connectivity index (χ2v) is 12.4. The molecule has 0 N–H and O–H groups in total. The van der Waals surface area contributed by atoms with E-state index >= 15 is 0 Å². The van der Waals surface area contributed by atoms with Crippen LogP contribution in [0.25, 0.3) is 45.3 Å². The van der Waals surface area contributed by atoms with Crippen molar-refractivity contribution >= 4 is 11.6 Å². The molecular formula is C35H34ClN3. The Balaban J connectivity index is 1.90. The van der Waals surface area contributed by atoms with Gasteiger partial charge in [-0.1, -0.05) is 132 Å². The number of nitrogens with zero attached hydrogens (tertiary/aromatic N) is 3. The van der Waals surface area contributed by atoms with Gasteiger partial charge in [0.25, 0.3) is 0 Å². The smallest absolute Gasteiger partial charge is 0.164 e. The van der Waals surface area contributed by atoms with Crippen molar-refractivity contribution in [2.24, 2.45) is 0 Å². The van der Waals surface area contributed by atoms with Gasteiger partial charge in [0.15, 0.2) is 17.5 Å². The molecule has 0 radical (unpaired) electrons. The largest absolute Gasteiger partial charge is 0.208 e. The van der Waals surface area contributed by atoms with Gasteiger partial charge >= 0.3 is 0 Å². The minimum absolute atomic E-state index is 0.0703. The highest BCUT2D eigenvalue weighted by molar-refractivity contribution is 6.30. The molecule has 0 bridgehead atoms. The number of hydrogen-bond donors (Lipinski definition) is 0. The molecule has 39 heavy (non-hydrogen) atoms. The Morgan fingerprint density at radius 1 is 0.513 bits per heavy atom. The highest BCUT2D eigenvalue weighted by atomic mass is 35.5. The SMILES string of the molecule is CC(C)(C)c1cc(-c2nc(-c3ccccc3)nc(-c3ccccc3)n2)c(-c2cccc(Cl)c2)c(C(C)(C)C)c1. The molecule has 0 unspecified atom stereocenters. The topological polar surface area (TPSA) is 38.7 Å². The van der Waals surface area contributed by atoms with Crippen LogP contribution in [0.15, 0.2) is 97.1 Å². The fraction of sp³-hybridized carbons (Fsp3) is 0.229. The van der Waals surface area contributed by atoms with E-state index in [1.807, 2.05) is 78.9 Å². The second-order valence-electron chi connectivity index (χ2n) is 12.0. The Morgan fingerprint density at radius 3 is 1.51 bits per heavy atom. The lowest BCUT2D eigenvalue weighted by atomic mass is 9.75. The van der Waals surface area contributed by atoms with Crippen molar-refractivity contribution in [3.63, 3.8) is 0 Å². The molecule has 0 atom stereocenters. The van der Waals surface area contributed by atoms with Gasteiger partial charge < -0.3 is 0 Å². The van der Waals surface area contributed by atoms with Crippen molar-refractivity contribution in [2.75, 3.05) is 0 Å². The van der Waals surface area contributed by atoms with E-state index in [4.69, 9.17) is 26.6 Å². The van der Waals surface area contributed by atoms with Gasteiger partial charge in [0.05, 0.1) is 0 Å². The van der Waals surface area contributed by atoms with Gasteiger partial charge in [-0.2, -0.15) is 0 Å². The molecule has 0 aliphatic heterocycles. The first kappa shape index (κ1) is 26.8. The maximum atomic E-state index is 6.53. The van der Waals surface area contributed by atoms with E-state index in [-0.39, 0.29) is 10.8 Å². The summed E-state index contributed by atoms with van der Waals surface area (Å²) in [6.45, 7) is 13.5. The van der Waals surface area contributed by atoms with Crippen LogP contribution in [0.2, 0.25) is 5.02 Å². The predicted molar refractivity (Wildman–Crippen MR) is 164 cm³/mol. The molecule has 0 saturated carbocycles. The molecule has 196 valence electrons. The van der Waals surface area contributed by atoms with Crippen LogP contribution in [0.3, 0.4) is 0 Å². The molecule has 3 nitrogen and oxygen atoms in total. The number of benzene rings is 4. The van der Waals surface area contributed by atoms with Crippen LogP contribution >= 0.6 is 11.6 Å². The van der Waals surface area contributed by atoms with Crippen LogP contribution in [0.1, 0.15) is 52.7 Å². The lowest BCUT2D eigenvalue weighted by Gasteiger charge is -2.30. The number of aromatic nitrogens is 3. The summed E-state index contributed by atoms with van der Waals surface area (Å²) in [5.74, 6) is 1.94. The van der Waals surface area contributed by atoms with Gasteiger partial charge in [-0.3, -0.25) is 0 Å². The summed E-state index contributed by atoms with van der Waals surface area (Å²) in [6.07, 6.45) is 0. The van der Waals surface area contributed by atoms with Gasteiger partial charge in [-0.25, -0.2) is 15.0 Å². The lowest BCUT2D eigenvalue weighted by molar-refractivity contribution is 0.570. The van der Waals surface area contributed by atoms with E-state index in [2.05, 4.69) is 59.7 Å². The molecule has 4 aromatic carbocycles. The van der Waals surface area contributed by atoms with E-state index in [0.717, 1.165) is 27.8 Å². The van der Waals surface area contributed by atoms with Gasteiger partial charge in [0.1, 0.15) is 0 Å². The van der Waals surface area contributed by atoms with Crippen LogP contribution in [-0.2, 0) is 10.8 Å². The third-order valence-corrected chi connectivity index (χ3v) is 7.10. The number of halogens is 1. The van der Waals surface area contributed by atoms with E-state index in [0.29, 0.717) is 22.5 Å². The Hall–Kier alpha value is -3.82. The predicted octanol–water partition coefficient (Wildman–Crippen LogP) is 9.79. The highest BCUT2D eigenvalue weighted by Gasteiger charge is 2.28. The van der Waals surface area contributed by atoms with Crippen molar-refractivity contribution in [2.45, 2.75) is 52.4 Å². The summed E-state index contributed by atoms with van der Waals surface area (Å²) >= 11 is 6.53. The van der Waals surface area contributed by atoms with Crippen molar-refractivity contribution in [3.05, 3.63) is 113 Å². The number of rotatable bonds is 4. The number of hydrogen-bond acceptors (Lipinski definition) is 3.